The molecule has 0 unspecified atom stereocenters. The van der Waals surface area contributed by atoms with Crippen LogP contribution in [0, 0.1) is 0 Å². The van der Waals surface area contributed by atoms with Crippen LogP contribution in [0.25, 0.3) is 27.0 Å². The van der Waals surface area contributed by atoms with Gasteiger partial charge < -0.3 is 4.74 Å². The van der Waals surface area contributed by atoms with Crippen LogP contribution in [0.5, 0.6) is 5.75 Å². The summed E-state index contributed by atoms with van der Waals surface area (Å²) in [6, 6.07) is 17.3. The molecule has 4 aromatic heterocycles. The Kier molecular flexibility index (Phi) is 4.42. The second kappa shape index (κ2) is 7.37. The van der Waals surface area contributed by atoms with Crippen molar-refractivity contribution in [2.45, 2.75) is 6.61 Å². The van der Waals surface area contributed by atoms with Gasteiger partial charge in [0.1, 0.15) is 17.9 Å². The minimum absolute atomic E-state index is 0.149. The lowest BCUT2D eigenvalue weighted by Gasteiger charge is -2.17. The van der Waals surface area contributed by atoms with Gasteiger partial charge in [0, 0.05) is 22.7 Å². The minimum Gasteiger partial charge on any atom is -0.486 e. The standard InChI is InChI=1S/C22H16N4O2S/c27-22-20(19-9-5-11-29-19)21(28-14-15-6-3-4-10-23-15)17-7-1-2-8-18(17)26(22)16-12-24-25-13-16/h1-13H,14H2,(H,24,25). The summed E-state index contributed by atoms with van der Waals surface area (Å²) in [5, 5.41) is 9.61. The van der Waals surface area contributed by atoms with Crippen molar-refractivity contribution in [3.05, 3.63) is 94.6 Å². The number of aromatic amines is 1. The zero-order valence-electron chi connectivity index (χ0n) is 15.3. The number of aromatic nitrogens is 4. The molecule has 5 rings (SSSR count). The van der Waals surface area contributed by atoms with Crippen LogP contribution in [0.2, 0.25) is 0 Å². The fourth-order valence-electron chi connectivity index (χ4n) is 3.35. The monoisotopic (exact) mass is 400 g/mol. The second-order valence-corrected chi connectivity index (χ2v) is 7.35. The highest BCUT2D eigenvalue weighted by Crippen LogP contribution is 2.37. The largest absolute Gasteiger partial charge is 0.486 e. The molecule has 0 bridgehead atoms. The maximum atomic E-state index is 13.6. The van der Waals surface area contributed by atoms with Gasteiger partial charge in [0.25, 0.3) is 5.56 Å². The predicted octanol–water partition coefficient (Wildman–Crippen LogP) is 4.42. The average Bonchev–Trinajstić information content (AvgIpc) is 3.47. The molecule has 5 aromatic rings. The first-order chi connectivity index (χ1) is 14.3. The van der Waals surface area contributed by atoms with Crippen molar-refractivity contribution in [2.24, 2.45) is 0 Å². The van der Waals surface area contributed by atoms with Gasteiger partial charge in [-0.25, -0.2) is 0 Å². The topological polar surface area (TPSA) is 72.8 Å². The molecule has 0 spiro atoms. The molecule has 0 aliphatic rings. The quantitative estimate of drug-likeness (QED) is 0.474. The summed E-state index contributed by atoms with van der Waals surface area (Å²) in [5.74, 6) is 0.568. The van der Waals surface area contributed by atoms with Crippen molar-refractivity contribution < 1.29 is 4.74 Å². The van der Waals surface area contributed by atoms with Crippen LogP contribution in [-0.2, 0) is 6.61 Å². The molecule has 0 atom stereocenters. The lowest BCUT2D eigenvalue weighted by atomic mass is 10.1. The first-order valence-electron chi connectivity index (χ1n) is 9.06. The molecular weight excluding hydrogens is 384 g/mol. The molecular formula is C22H16N4O2S. The van der Waals surface area contributed by atoms with Crippen molar-refractivity contribution in [3.63, 3.8) is 0 Å². The van der Waals surface area contributed by atoms with Gasteiger partial charge in [-0.05, 0) is 35.7 Å². The second-order valence-electron chi connectivity index (χ2n) is 6.41. The van der Waals surface area contributed by atoms with Gasteiger partial charge in [-0.1, -0.05) is 24.3 Å². The Hall–Kier alpha value is -3.71. The smallest absolute Gasteiger partial charge is 0.268 e. The lowest BCUT2D eigenvalue weighted by molar-refractivity contribution is 0.306. The van der Waals surface area contributed by atoms with Crippen LogP contribution in [0.3, 0.4) is 0 Å². The number of hydrogen-bond acceptors (Lipinski definition) is 5. The fraction of sp³-hybridized carbons (Fsp3) is 0.0455. The van der Waals surface area contributed by atoms with Gasteiger partial charge in [-0.2, -0.15) is 5.10 Å². The number of rotatable bonds is 5. The normalized spacial score (nSPS) is 11.0. The first-order valence-corrected chi connectivity index (χ1v) is 9.94. The summed E-state index contributed by atoms with van der Waals surface area (Å²) in [6.45, 7) is 0.276. The Morgan fingerprint density at radius 1 is 1.07 bits per heavy atom. The third-order valence-electron chi connectivity index (χ3n) is 4.63. The van der Waals surface area contributed by atoms with Crippen molar-refractivity contribution in [1.82, 2.24) is 19.7 Å². The average molecular weight is 400 g/mol. The molecule has 29 heavy (non-hydrogen) atoms. The predicted molar refractivity (Wildman–Crippen MR) is 114 cm³/mol. The summed E-state index contributed by atoms with van der Waals surface area (Å²) < 4.78 is 7.89. The van der Waals surface area contributed by atoms with E-state index in [1.165, 1.54) is 11.3 Å². The molecule has 1 aromatic carbocycles. The Morgan fingerprint density at radius 3 is 2.72 bits per heavy atom. The Balaban J connectivity index is 1.78. The SMILES string of the molecule is O=c1c(-c2cccs2)c(OCc2ccccn2)c2ccccc2n1-c1cn[nH]c1. The Labute approximate surface area is 170 Å². The van der Waals surface area contributed by atoms with E-state index in [1.54, 1.807) is 23.2 Å². The molecule has 0 aliphatic carbocycles. The molecule has 0 aliphatic heterocycles. The van der Waals surface area contributed by atoms with E-state index < -0.39 is 0 Å². The number of fused-ring (bicyclic) bond motifs is 1. The molecule has 1 N–H and O–H groups in total. The maximum Gasteiger partial charge on any atom is 0.268 e. The molecule has 0 saturated heterocycles. The van der Waals surface area contributed by atoms with E-state index in [1.807, 2.05) is 60.0 Å². The number of thiophene rings is 1. The number of benzene rings is 1. The van der Waals surface area contributed by atoms with E-state index >= 15 is 0 Å². The van der Waals surface area contributed by atoms with Crippen LogP contribution in [0.1, 0.15) is 5.69 Å². The molecule has 142 valence electrons. The number of hydrogen-bond donors (Lipinski definition) is 1. The van der Waals surface area contributed by atoms with Crippen LogP contribution in [0.4, 0.5) is 0 Å². The zero-order chi connectivity index (χ0) is 19.6. The summed E-state index contributed by atoms with van der Waals surface area (Å²) in [6.07, 6.45) is 5.08. The number of pyridine rings is 2. The van der Waals surface area contributed by atoms with E-state index in [0.29, 0.717) is 17.0 Å². The summed E-state index contributed by atoms with van der Waals surface area (Å²) in [5.41, 5.74) is 2.63. The van der Waals surface area contributed by atoms with Crippen molar-refractivity contribution in [2.75, 3.05) is 0 Å². The summed E-state index contributed by atoms with van der Waals surface area (Å²) >= 11 is 1.51. The maximum absolute atomic E-state index is 13.6. The minimum atomic E-state index is -0.149. The molecule has 4 heterocycles. The van der Waals surface area contributed by atoms with Gasteiger partial charge >= 0.3 is 0 Å². The van der Waals surface area contributed by atoms with Crippen LogP contribution in [0.15, 0.2) is 83.4 Å². The van der Waals surface area contributed by atoms with E-state index in [2.05, 4.69) is 15.2 Å². The van der Waals surface area contributed by atoms with E-state index in [-0.39, 0.29) is 12.2 Å². The molecule has 7 heteroatoms. The fourth-order valence-corrected chi connectivity index (χ4v) is 4.11. The highest BCUT2D eigenvalue weighted by molar-refractivity contribution is 7.13. The van der Waals surface area contributed by atoms with Gasteiger partial charge in [0.15, 0.2) is 0 Å². The first kappa shape index (κ1) is 17.4. The van der Waals surface area contributed by atoms with Crippen LogP contribution in [-0.4, -0.2) is 19.7 Å². The van der Waals surface area contributed by atoms with Gasteiger partial charge in [-0.3, -0.25) is 19.4 Å². The van der Waals surface area contributed by atoms with Crippen molar-refractivity contribution in [3.8, 4) is 21.9 Å². The van der Waals surface area contributed by atoms with E-state index in [4.69, 9.17) is 4.74 Å². The lowest BCUT2D eigenvalue weighted by Crippen LogP contribution is -2.21. The Morgan fingerprint density at radius 2 is 1.97 bits per heavy atom. The van der Waals surface area contributed by atoms with Gasteiger partial charge in [0.2, 0.25) is 0 Å². The summed E-state index contributed by atoms with van der Waals surface area (Å²) in [4.78, 5) is 18.8. The number of nitrogens with zero attached hydrogens (tertiary/aromatic N) is 3. The number of para-hydroxylation sites is 1. The third kappa shape index (κ3) is 3.11. The molecule has 0 radical (unpaired) electrons. The molecule has 0 fully saturated rings. The Bertz CT molecular complexity index is 1310. The highest BCUT2D eigenvalue weighted by Gasteiger charge is 2.21. The van der Waals surface area contributed by atoms with Crippen molar-refractivity contribution in [1.29, 1.82) is 0 Å². The highest BCUT2D eigenvalue weighted by atomic mass is 32.1. The van der Waals surface area contributed by atoms with Gasteiger partial charge in [-0.15, -0.1) is 11.3 Å². The zero-order valence-corrected chi connectivity index (χ0v) is 16.1. The summed E-state index contributed by atoms with van der Waals surface area (Å²) in [7, 11) is 0. The number of nitrogens with one attached hydrogen (secondary N) is 1. The molecule has 0 saturated carbocycles. The number of H-pyrrole nitrogens is 1. The van der Waals surface area contributed by atoms with Crippen LogP contribution >= 0.6 is 11.3 Å². The van der Waals surface area contributed by atoms with Gasteiger partial charge in [0.05, 0.1) is 23.1 Å². The van der Waals surface area contributed by atoms with Crippen LogP contribution < -0.4 is 10.3 Å². The van der Waals surface area contributed by atoms with E-state index in [0.717, 1.165) is 21.5 Å². The molecule has 0 amide bonds. The van der Waals surface area contributed by atoms with Crippen molar-refractivity contribution >= 4 is 22.2 Å². The third-order valence-corrected chi connectivity index (χ3v) is 5.52. The molecule has 6 nitrogen and oxygen atoms in total. The number of ether oxygens (including phenoxy) is 1. The van der Waals surface area contributed by atoms with E-state index in [9.17, 15) is 4.79 Å².